The van der Waals surface area contributed by atoms with E-state index < -0.39 is 0 Å². The van der Waals surface area contributed by atoms with Crippen LogP contribution in [-0.2, 0) is 9.31 Å². The molecule has 2 nitrogen and oxygen atoms in total. The zero-order chi connectivity index (χ0) is 8.69. The lowest BCUT2D eigenvalue weighted by Crippen LogP contribution is -2.02. The normalized spacial score (nSPS) is 8.55. The standard InChI is InChI=1S/C8H14BO2/c1-5-7(3)10-9-11-8(4)6-2/h3-6H2,1-2H3. The topological polar surface area (TPSA) is 18.5 Å². The van der Waals surface area contributed by atoms with E-state index >= 15 is 0 Å². The Bertz CT molecular complexity index is 127. The molecule has 0 unspecified atom stereocenters. The van der Waals surface area contributed by atoms with Crippen LogP contribution in [0.2, 0.25) is 0 Å². The molecule has 0 saturated heterocycles. The van der Waals surface area contributed by atoms with E-state index in [0.29, 0.717) is 11.5 Å². The Morgan fingerprint density at radius 3 is 1.73 bits per heavy atom. The molecule has 0 fully saturated rings. The lowest BCUT2D eigenvalue weighted by atomic mass is 10.3. The molecular formula is C8H14BO2. The van der Waals surface area contributed by atoms with Crippen molar-refractivity contribution >= 4 is 7.69 Å². The van der Waals surface area contributed by atoms with E-state index in [0.717, 1.165) is 12.8 Å². The average Bonchev–Trinajstić information content (AvgIpc) is 2.04. The molecule has 0 aromatic rings. The maximum Gasteiger partial charge on any atom is 0.657 e. The molecule has 0 saturated carbocycles. The van der Waals surface area contributed by atoms with Gasteiger partial charge in [0.05, 0.1) is 11.5 Å². The summed E-state index contributed by atoms with van der Waals surface area (Å²) in [5, 5.41) is 0. The number of hydrogen-bond donors (Lipinski definition) is 0. The van der Waals surface area contributed by atoms with Gasteiger partial charge in [-0.05, 0) is 12.8 Å². The lowest BCUT2D eigenvalue weighted by molar-refractivity contribution is 0.313. The molecule has 1 radical (unpaired) electrons. The molecule has 0 aromatic heterocycles. The third-order valence-corrected chi connectivity index (χ3v) is 1.22. The minimum atomic E-state index is 0.689. The van der Waals surface area contributed by atoms with Gasteiger partial charge in [0.15, 0.2) is 0 Å². The summed E-state index contributed by atoms with van der Waals surface area (Å²) in [4.78, 5) is 0. The molecule has 11 heavy (non-hydrogen) atoms. The van der Waals surface area contributed by atoms with Crippen molar-refractivity contribution in [2.24, 2.45) is 0 Å². The second kappa shape index (κ2) is 5.89. The third kappa shape index (κ3) is 5.58. The molecule has 61 valence electrons. The molecule has 0 aliphatic rings. The van der Waals surface area contributed by atoms with Gasteiger partial charge in [0, 0.05) is 0 Å². The highest BCUT2D eigenvalue weighted by atomic mass is 16.6. The van der Waals surface area contributed by atoms with Crippen LogP contribution in [-0.4, -0.2) is 7.69 Å². The van der Waals surface area contributed by atoms with Crippen molar-refractivity contribution in [3.05, 3.63) is 24.7 Å². The van der Waals surface area contributed by atoms with Crippen molar-refractivity contribution < 1.29 is 9.31 Å². The quantitative estimate of drug-likeness (QED) is 0.430. The van der Waals surface area contributed by atoms with E-state index in [1.54, 1.807) is 0 Å². The Balaban J connectivity index is 3.27. The fourth-order valence-corrected chi connectivity index (χ4v) is 0.327. The Hall–Kier alpha value is -0.855. The molecule has 0 N–H and O–H groups in total. The summed E-state index contributed by atoms with van der Waals surface area (Å²) < 4.78 is 9.92. The first-order chi connectivity index (χ1) is 5.20. The summed E-state index contributed by atoms with van der Waals surface area (Å²) in [6, 6.07) is 0. The van der Waals surface area contributed by atoms with Crippen molar-refractivity contribution in [2.75, 3.05) is 0 Å². The highest BCUT2D eigenvalue weighted by molar-refractivity contribution is 6.19. The van der Waals surface area contributed by atoms with E-state index in [-0.39, 0.29) is 0 Å². The Kier molecular flexibility index (Phi) is 5.44. The molecule has 0 bridgehead atoms. The van der Waals surface area contributed by atoms with Gasteiger partial charge in [-0.25, -0.2) is 0 Å². The fraction of sp³-hybridized carbons (Fsp3) is 0.500. The van der Waals surface area contributed by atoms with Gasteiger partial charge in [-0.15, -0.1) is 0 Å². The second-order valence-corrected chi connectivity index (χ2v) is 2.12. The maximum absolute atomic E-state index is 4.96. The minimum absolute atomic E-state index is 0.689. The fourth-order valence-electron chi connectivity index (χ4n) is 0.327. The Morgan fingerprint density at radius 1 is 1.09 bits per heavy atom. The molecule has 3 heteroatoms. The summed E-state index contributed by atoms with van der Waals surface area (Å²) in [6.07, 6.45) is 1.58. The first-order valence-electron chi connectivity index (χ1n) is 3.71. The van der Waals surface area contributed by atoms with Crippen molar-refractivity contribution in [2.45, 2.75) is 26.7 Å². The van der Waals surface area contributed by atoms with Crippen LogP contribution in [0.25, 0.3) is 0 Å². The number of rotatable bonds is 6. The maximum atomic E-state index is 4.96. The van der Waals surface area contributed by atoms with E-state index in [4.69, 9.17) is 9.31 Å². The predicted molar refractivity (Wildman–Crippen MR) is 46.8 cm³/mol. The molecule has 0 spiro atoms. The Morgan fingerprint density at radius 2 is 1.45 bits per heavy atom. The minimum Gasteiger partial charge on any atom is -0.530 e. The van der Waals surface area contributed by atoms with Crippen molar-refractivity contribution in [3.63, 3.8) is 0 Å². The van der Waals surface area contributed by atoms with Gasteiger partial charge in [0.2, 0.25) is 0 Å². The van der Waals surface area contributed by atoms with E-state index in [1.807, 2.05) is 13.8 Å². The smallest absolute Gasteiger partial charge is 0.530 e. The monoisotopic (exact) mass is 153 g/mol. The van der Waals surface area contributed by atoms with E-state index in [9.17, 15) is 0 Å². The van der Waals surface area contributed by atoms with Crippen molar-refractivity contribution in [1.29, 1.82) is 0 Å². The molecule has 0 heterocycles. The van der Waals surface area contributed by atoms with Crippen LogP contribution < -0.4 is 0 Å². The summed E-state index contributed by atoms with van der Waals surface area (Å²) in [7, 11) is 1.26. The first-order valence-corrected chi connectivity index (χ1v) is 3.71. The van der Waals surface area contributed by atoms with Gasteiger partial charge in [-0.2, -0.15) is 0 Å². The largest absolute Gasteiger partial charge is 0.657 e. The van der Waals surface area contributed by atoms with Gasteiger partial charge in [0.25, 0.3) is 0 Å². The van der Waals surface area contributed by atoms with Crippen LogP contribution in [0.4, 0.5) is 0 Å². The lowest BCUT2D eigenvalue weighted by Gasteiger charge is -2.06. The SMILES string of the molecule is C=C(CC)O[B]OC(=C)CC. The van der Waals surface area contributed by atoms with Crippen LogP contribution in [0.5, 0.6) is 0 Å². The van der Waals surface area contributed by atoms with Crippen LogP contribution in [0.15, 0.2) is 24.7 Å². The first kappa shape index (κ1) is 10.1. The van der Waals surface area contributed by atoms with Crippen molar-refractivity contribution in [1.82, 2.24) is 0 Å². The van der Waals surface area contributed by atoms with E-state index in [1.165, 1.54) is 7.69 Å². The molecule has 0 atom stereocenters. The third-order valence-electron chi connectivity index (χ3n) is 1.22. The molecule has 0 aliphatic carbocycles. The van der Waals surface area contributed by atoms with Crippen molar-refractivity contribution in [3.8, 4) is 0 Å². The molecule has 0 aromatic carbocycles. The summed E-state index contributed by atoms with van der Waals surface area (Å²) in [5.74, 6) is 1.38. The molecule has 0 amide bonds. The molecular weight excluding hydrogens is 139 g/mol. The molecule has 0 rings (SSSR count). The van der Waals surface area contributed by atoms with Crippen LogP contribution in [0.1, 0.15) is 26.7 Å². The van der Waals surface area contributed by atoms with Gasteiger partial charge in [-0.3, -0.25) is 0 Å². The second-order valence-electron chi connectivity index (χ2n) is 2.12. The molecule has 0 aliphatic heterocycles. The van der Waals surface area contributed by atoms with Crippen LogP contribution in [0, 0.1) is 0 Å². The zero-order valence-corrected chi connectivity index (χ0v) is 7.22. The average molecular weight is 153 g/mol. The number of hydrogen-bond acceptors (Lipinski definition) is 2. The summed E-state index contributed by atoms with van der Waals surface area (Å²) in [5.41, 5.74) is 0. The van der Waals surface area contributed by atoms with E-state index in [2.05, 4.69) is 13.2 Å². The van der Waals surface area contributed by atoms with Crippen LogP contribution >= 0.6 is 0 Å². The summed E-state index contributed by atoms with van der Waals surface area (Å²) in [6.45, 7) is 11.2. The van der Waals surface area contributed by atoms with Gasteiger partial charge < -0.3 is 9.31 Å². The van der Waals surface area contributed by atoms with Gasteiger partial charge in [0.1, 0.15) is 0 Å². The Labute approximate surface area is 69.2 Å². The number of allylic oxidation sites excluding steroid dienone is 2. The highest BCUT2D eigenvalue weighted by Gasteiger charge is 1.99. The predicted octanol–water partition coefficient (Wildman–Crippen LogP) is 2.40. The zero-order valence-electron chi connectivity index (χ0n) is 7.22. The highest BCUT2D eigenvalue weighted by Crippen LogP contribution is 2.01. The van der Waals surface area contributed by atoms with Gasteiger partial charge in [-0.1, -0.05) is 27.0 Å². The summed E-state index contributed by atoms with van der Waals surface area (Å²) >= 11 is 0. The van der Waals surface area contributed by atoms with Gasteiger partial charge >= 0.3 is 7.69 Å². The van der Waals surface area contributed by atoms with Crippen LogP contribution in [0.3, 0.4) is 0 Å².